The second kappa shape index (κ2) is 6.15. The lowest BCUT2D eigenvalue weighted by Crippen LogP contribution is -2.20. The van der Waals surface area contributed by atoms with Gasteiger partial charge in [-0.25, -0.2) is 4.98 Å². The molecule has 0 spiro atoms. The van der Waals surface area contributed by atoms with E-state index in [0.717, 1.165) is 21.5 Å². The Kier molecular flexibility index (Phi) is 4.06. The number of rotatable bonds is 4. The monoisotopic (exact) mass is 312 g/mol. The zero-order valence-electron chi connectivity index (χ0n) is 12.4. The van der Waals surface area contributed by atoms with Crippen LogP contribution >= 0.6 is 11.3 Å². The number of nitrogens with one attached hydrogen (secondary N) is 1. The number of hydrogen-bond acceptors (Lipinski definition) is 4. The summed E-state index contributed by atoms with van der Waals surface area (Å²) in [5, 5.41) is 3.37. The van der Waals surface area contributed by atoms with Gasteiger partial charge in [-0.05, 0) is 37.6 Å². The van der Waals surface area contributed by atoms with E-state index in [4.69, 9.17) is 4.74 Å². The van der Waals surface area contributed by atoms with Crippen LogP contribution in [0.25, 0.3) is 10.2 Å². The highest BCUT2D eigenvalue weighted by atomic mass is 32.1. The van der Waals surface area contributed by atoms with Gasteiger partial charge < -0.3 is 4.74 Å². The molecule has 3 aromatic rings. The average Bonchev–Trinajstić information content (AvgIpc) is 2.88. The minimum atomic E-state index is -0.209. The van der Waals surface area contributed by atoms with E-state index in [2.05, 4.69) is 10.3 Å². The van der Waals surface area contributed by atoms with Crippen molar-refractivity contribution >= 4 is 32.6 Å². The van der Waals surface area contributed by atoms with Crippen molar-refractivity contribution in [3.8, 4) is 5.75 Å². The Morgan fingerprint density at radius 1 is 1.23 bits per heavy atom. The Labute approximate surface area is 132 Å². The summed E-state index contributed by atoms with van der Waals surface area (Å²) >= 11 is 1.45. The molecule has 0 unspecified atom stereocenters. The summed E-state index contributed by atoms with van der Waals surface area (Å²) in [6.07, 6.45) is 0. The second-order valence-corrected chi connectivity index (χ2v) is 6.12. The summed E-state index contributed by atoms with van der Waals surface area (Å²) in [6.45, 7) is 3.96. The molecule has 0 aliphatic carbocycles. The van der Waals surface area contributed by atoms with Gasteiger partial charge in [-0.2, -0.15) is 0 Å². The molecule has 0 saturated carbocycles. The van der Waals surface area contributed by atoms with Crippen LogP contribution in [-0.4, -0.2) is 17.5 Å². The van der Waals surface area contributed by atoms with E-state index in [1.807, 2.05) is 56.3 Å². The van der Waals surface area contributed by atoms with Gasteiger partial charge in [0.15, 0.2) is 11.7 Å². The molecule has 0 atom stereocenters. The highest BCUT2D eigenvalue weighted by Crippen LogP contribution is 2.25. The van der Waals surface area contributed by atoms with Crippen LogP contribution in [0.5, 0.6) is 5.75 Å². The van der Waals surface area contributed by atoms with Crippen molar-refractivity contribution in [2.75, 3.05) is 11.9 Å². The highest BCUT2D eigenvalue weighted by Gasteiger charge is 2.09. The van der Waals surface area contributed by atoms with Gasteiger partial charge in [-0.3, -0.25) is 10.1 Å². The van der Waals surface area contributed by atoms with Gasteiger partial charge in [-0.1, -0.05) is 41.2 Å². The van der Waals surface area contributed by atoms with Crippen LogP contribution in [-0.2, 0) is 4.79 Å². The maximum absolute atomic E-state index is 12.0. The number of benzene rings is 2. The summed E-state index contributed by atoms with van der Waals surface area (Å²) in [5.41, 5.74) is 3.08. The zero-order valence-corrected chi connectivity index (χ0v) is 13.2. The number of aryl methyl sites for hydroxylation is 2. The molecule has 0 aliphatic heterocycles. The van der Waals surface area contributed by atoms with Crippen LogP contribution in [0.2, 0.25) is 0 Å². The molecule has 1 heterocycles. The number of ether oxygens (including phenoxy) is 1. The van der Waals surface area contributed by atoms with Crippen LogP contribution in [0.15, 0.2) is 42.5 Å². The molecule has 3 rings (SSSR count). The first-order valence-electron chi connectivity index (χ1n) is 6.97. The van der Waals surface area contributed by atoms with Gasteiger partial charge in [0.2, 0.25) is 0 Å². The third-order valence-electron chi connectivity index (χ3n) is 3.23. The lowest BCUT2D eigenvalue weighted by atomic mass is 10.1. The fraction of sp³-hybridized carbons (Fsp3) is 0.176. The Morgan fingerprint density at radius 2 is 2.05 bits per heavy atom. The van der Waals surface area contributed by atoms with Gasteiger partial charge in [0.05, 0.1) is 10.2 Å². The van der Waals surface area contributed by atoms with E-state index < -0.39 is 0 Å². The lowest BCUT2D eigenvalue weighted by Gasteiger charge is -2.09. The Bertz CT molecular complexity index is 793. The van der Waals surface area contributed by atoms with Crippen molar-refractivity contribution in [1.29, 1.82) is 0 Å². The molecule has 0 bridgehead atoms. The van der Waals surface area contributed by atoms with E-state index in [-0.39, 0.29) is 12.5 Å². The number of amides is 1. The van der Waals surface area contributed by atoms with E-state index in [1.54, 1.807) is 0 Å². The van der Waals surface area contributed by atoms with Crippen molar-refractivity contribution < 1.29 is 9.53 Å². The quantitative estimate of drug-likeness (QED) is 0.794. The van der Waals surface area contributed by atoms with Crippen LogP contribution < -0.4 is 10.1 Å². The maximum atomic E-state index is 12.0. The fourth-order valence-corrected chi connectivity index (χ4v) is 3.07. The second-order valence-electron chi connectivity index (χ2n) is 5.09. The summed E-state index contributed by atoms with van der Waals surface area (Å²) < 4.78 is 6.61. The van der Waals surface area contributed by atoms with E-state index in [1.165, 1.54) is 16.9 Å². The van der Waals surface area contributed by atoms with Crippen LogP contribution in [0.1, 0.15) is 11.1 Å². The lowest BCUT2D eigenvalue weighted by molar-refractivity contribution is -0.118. The summed E-state index contributed by atoms with van der Waals surface area (Å²) in [4.78, 5) is 16.3. The Balaban J connectivity index is 1.62. The summed E-state index contributed by atoms with van der Waals surface area (Å²) in [5.74, 6) is 0.518. The van der Waals surface area contributed by atoms with Crippen molar-refractivity contribution in [2.45, 2.75) is 13.8 Å². The first-order chi connectivity index (χ1) is 10.6. The third kappa shape index (κ3) is 3.26. The van der Waals surface area contributed by atoms with Crippen molar-refractivity contribution in [2.24, 2.45) is 0 Å². The van der Waals surface area contributed by atoms with Gasteiger partial charge in [0.1, 0.15) is 5.75 Å². The number of hydrogen-bond donors (Lipinski definition) is 1. The SMILES string of the molecule is Cc1ccc(OCC(=O)Nc2nc3ccccc3s2)c(C)c1. The van der Waals surface area contributed by atoms with Crippen LogP contribution in [0, 0.1) is 13.8 Å². The normalized spacial score (nSPS) is 10.6. The van der Waals surface area contributed by atoms with Gasteiger partial charge in [0, 0.05) is 0 Å². The number of aromatic nitrogens is 1. The van der Waals surface area contributed by atoms with Gasteiger partial charge >= 0.3 is 0 Å². The minimum absolute atomic E-state index is 0.0280. The number of para-hydroxylation sites is 1. The molecular formula is C17H16N2O2S. The Morgan fingerprint density at radius 3 is 2.82 bits per heavy atom. The number of carbonyl (C=O) groups is 1. The fourth-order valence-electron chi connectivity index (χ4n) is 2.19. The molecule has 22 heavy (non-hydrogen) atoms. The van der Waals surface area contributed by atoms with E-state index in [9.17, 15) is 4.79 Å². The third-order valence-corrected chi connectivity index (χ3v) is 4.18. The summed E-state index contributed by atoms with van der Waals surface area (Å²) in [6, 6.07) is 13.7. The number of anilines is 1. The zero-order chi connectivity index (χ0) is 15.5. The Hall–Kier alpha value is -2.40. The van der Waals surface area contributed by atoms with Gasteiger partial charge in [-0.15, -0.1) is 0 Å². The molecule has 5 heteroatoms. The highest BCUT2D eigenvalue weighted by molar-refractivity contribution is 7.22. The minimum Gasteiger partial charge on any atom is -0.483 e. The van der Waals surface area contributed by atoms with Crippen LogP contribution in [0.3, 0.4) is 0 Å². The molecule has 0 fully saturated rings. The molecule has 0 radical (unpaired) electrons. The molecule has 0 aliphatic rings. The summed E-state index contributed by atoms with van der Waals surface area (Å²) in [7, 11) is 0. The smallest absolute Gasteiger partial charge is 0.264 e. The number of carbonyl (C=O) groups excluding carboxylic acids is 1. The predicted molar refractivity (Wildman–Crippen MR) is 89.7 cm³/mol. The van der Waals surface area contributed by atoms with Crippen LogP contribution in [0.4, 0.5) is 5.13 Å². The van der Waals surface area contributed by atoms with Crippen molar-refractivity contribution in [1.82, 2.24) is 4.98 Å². The largest absolute Gasteiger partial charge is 0.483 e. The molecule has 112 valence electrons. The average molecular weight is 312 g/mol. The van der Waals surface area contributed by atoms with E-state index >= 15 is 0 Å². The molecule has 0 saturated heterocycles. The van der Waals surface area contributed by atoms with Crippen molar-refractivity contribution in [3.05, 3.63) is 53.6 Å². The maximum Gasteiger partial charge on any atom is 0.264 e. The molecular weight excluding hydrogens is 296 g/mol. The molecule has 1 aromatic heterocycles. The van der Waals surface area contributed by atoms with Crippen molar-refractivity contribution in [3.63, 3.8) is 0 Å². The predicted octanol–water partition coefficient (Wildman–Crippen LogP) is 3.93. The topological polar surface area (TPSA) is 51.2 Å². The first-order valence-corrected chi connectivity index (χ1v) is 7.79. The standard InChI is InChI=1S/C17H16N2O2S/c1-11-7-8-14(12(2)9-11)21-10-16(20)19-17-18-13-5-3-4-6-15(13)22-17/h3-9H,10H2,1-2H3,(H,18,19,20). The van der Waals surface area contributed by atoms with E-state index in [0.29, 0.717) is 5.13 Å². The first kappa shape index (κ1) is 14.5. The molecule has 1 amide bonds. The number of thiazole rings is 1. The molecule has 4 nitrogen and oxygen atoms in total. The number of fused-ring (bicyclic) bond motifs is 1. The number of nitrogens with zero attached hydrogens (tertiary/aromatic N) is 1. The molecule has 1 N–H and O–H groups in total. The van der Waals surface area contributed by atoms with Gasteiger partial charge in [0.25, 0.3) is 5.91 Å². The molecule has 2 aromatic carbocycles.